The molecular formula is C9H16N2O5Se. The number of amides is 1. The van der Waals surface area contributed by atoms with Crippen molar-refractivity contribution in [3.05, 3.63) is 0 Å². The van der Waals surface area contributed by atoms with E-state index in [1.165, 1.54) is 0 Å². The van der Waals surface area contributed by atoms with Gasteiger partial charge < -0.3 is 0 Å². The normalized spacial score (nSPS) is 13.8. The Kier molecular flexibility index (Phi) is 7.52. The number of carbonyl (C=O) groups excluding carboxylic acids is 1. The molecule has 0 rings (SSSR count). The topological polar surface area (TPSA) is 130 Å². The molecule has 0 aromatic carbocycles. The van der Waals surface area contributed by atoms with Crippen molar-refractivity contribution in [2.45, 2.75) is 36.1 Å². The molecule has 0 aromatic rings. The first kappa shape index (κ1) is 15.9. The summed E-state index contributed by atoms with van der Waals surface area (Å²) in [6.07, 6.45) is -0.468. The van der Waals surface area contributed by atoms with Gasteiger partial charge in [-0.3, -0.25) is 0 Å². The van der Waals surface area contributed by atoms with Gasteiger partial charge in [-0.05, 0) is 0 Å². The maximum absolute atomic E-state index is 11.5. The first-order valence-electron chi connectivity index (χ1n) is 4.88. The van der Waals surface area contributed by atoms with Gasteiger partial charge in [0.1, 0.15) is 0 Å². The molecule has 0 aliphatic rings. The van der Waals surface area contributed by atoms with Gasteiger partial charge in [-0.25, -0.2) is 0 Å². The minimum absolute atomic E-state index is 0.152. The van der Waals surface area contributed by atoms with Crippen molar-refractivity contribution in [3.63, 3.8) is 0 Å². The van der Waals surface area contributed by atoms with Gasteiger partial charge in [-0.15, -0.1) is 0 Å². The van der Waals surface area contributed by atoms with Gasteiger partial charge in [0.2, 0.25) is 0 Å². The van der Waals surface area contributed by atoms with Crippen molar-refractivity contribution in [1.82, 2.24) is 5.32 Å². The van der Waals surface area contributed by atoms with Crippen molar-refractivity contribution in [2.24, 2.45) is 5.73 Å². The zero-order valence-electron chi connectivity index (χ0n) is 9.38. The summed E-state index contributed by atoms with van der Waals surface area (Å²) in [5.41, 5.74) is 5.53. The molecule has 17 heavy (non-hydrogen) atoms. The molecule has 0 radical (unpaired) electrons. The van der Waals surface area contributed by atoms with Crippen molar-refractivity contribution < 1.29 is 24.6 Å². The van der Waals surface area contributed by atoms with Crippen LogP contribution >= 0.6 is 0 Å². The molecule has 0 saturated carbocycles. The first-order valence-corrected chi connectivity index (χ1v) is 7.80. The van der Waals surface area contributed by atoms with Crippen LogP contribution in [0.1, 0.15) is 12.8 Å². The molecule has 0 heterocycles. The summed E-state index contributed by atoms with van der Waals surface area (Å²) >= 11 is 0.219. The van der Waals surface area contributed by atoms with Crippen LogP contribution in [0.25, 0.3) is 0 Å². The Labute approximate surface area is 105 Å². The number of nitrogens with one attached hydrogen (secondary N) is 1. The van der Waals surface area contributed by atoms with Crippen LogP contribution in [-0.4, -0.2) is 55.1 Å². The quantitative estimate of drug-likeness (QED) is 0.422. The van der Waals surface area contributed by atoms with E-state index in [2.05, 4.69) is 5.32 Å². The van der Waals surface area contributed by atoms with E-state index in [9.17, 15) is 14.4 Å². The Hall–Kier alpha value is -1.11. The second-order valence-electron chi connectivity index (χ2n) is 3.39. The van der Waals surface area contributed by atoms with E-state index in [-0.39, 0.29) is 27.8 Å². The third-order valence-electron chi connectivity index (χ3n) is 1.94. The van der Waals surface area contributed by atoms with Crippen LogP contribution in [0.4, 0.5) is 0 Å². The van der Waals surface area contributed by atoms with E-state index in [0.717, 1.165) is 0 Å². The maximum atomic E-state index is 11.5. The molecule has 0 aromatic heterocycles. The van der Waals surface area contributed by atoms with E-state index < -0.39 is 29.9 Å². The van der Waals surface area contributed by atoms with Crippen LogP contribution in [0.3, 0.4) is 0 Å². The summed E-state index contributed by atoms with van der Waals surface area (Å²) in [6.45, 7) is 0. The van der Waals surface area contributed by atoms with Crippen LogP contribution in [0.15, 0.2) is 0 Å². The molecule has 0 unspecified atom stereocenters. The summed E-state index contributed by atoms with van der Waals surface area (Å²) in [7, 11) is 0. The zero-order chi connectivity index (χ0) is 13.4. The molecule has 8 heteroatoms. The van der Waals surface area contributed by atoms with Crippen LogP contribution < -0.4 is 11.1 Å². The van der Waals surface area contributed by atoms with Gasteiger partial charge in [0.05, 0.1) is 0 Å². The number of aliphatic carboxylic acids is 2. The van der Waals surface area contributed by atoms with Crippen LogP contribution in [-0.2, 0) is 14.4 Å². The number of carboxylic acid groups (broad SMARTS) is 2. The Morgan fingerprint density at radius 2 is 1.94 bits per heavy atom. The molecule has 0 aliphatic heterocycles. The average Bonchev–Trinajstić information content (AvgIpc) is 2.23. The summed E-state index contributed by atoms with van der Waals surface area (Å²) in [6, 6.07) is -1.93. The number of rotatable bonds is 8. The van der Waals surface area contributed by atoms with E-state index in [4.69, 9.17) is 15.9 Å². The second kappa shape index (κ2) is 8.05. The predicted molar refractivity (Wildman–Crippen MR) is 60.8 cm³/mol. The van der Waals surface area contributed by atoms with Crippen molar-refractivity contribution >= 4 is 32.8 Å². The van der Waals surface area contributed by atoms with E-state index in [1.807, 2.05) is 5.82 Å². The van der Waals surface area contributed by atoms with E-state index >= 15 is 0 Å². The number of hydrogen-bond acceptors (Lipinski definition) is 4. The molecule has 98 valence electrons. The van der Waals surface area contributed by atoms with E-state index in [1.54, 1.807) is 0 Å². The van der Waals surface area contributed by atoms with E-state index in [0.29, 0.717) is 5.32 Å². The predicted octanol–water partition coefficient (Wildman–Crippen LogP) is -1.08. The molecule has 0 aliphatic carbocycles. The van der Waals surface area contributed by atoms with Gasteiger partial charge >= 0.3 is 105 Å². The molecule has 7 nitrogen and oxygen atoms in total. The monoisotopic (exact) mass is 312 g/mol. The Balaban J connectivity index is 4.29. The molecule has 0 bridgehead atoms. The number of carbonyl (C=O) groups is 3. The fourth-order valence-corrected chi connectivity index (χ4v) is 2.13. The standard InChI is InChI=1S/C9H16N2O5Se/c1-17-4-5(10)8(14)11-6(9(15)16)2-3-7(12)13/h5-6H,2-4,10H2,1H3,(H,11,14)(H,12,13)(H,15,16)/t5-,6-/m0/s1. The molecule has 5 N–H and O–H groups in total. The van der Waals surface area contributed by atoms with Crippen molar-refractivity contribution in [2.75, 3.05) is 0 Å². The van der Waals surface area contributed by atoms with Gasteiger partial charge in [-0.1, -0.05) is 0 Å². The number of hydrogen-bond donors (Lipinski definition) is 4. The summed E-state index contributed by atoms with van der Waals surface area (Å²) in [4.78, 5) is 32.6. The summed E-state index contributed by atoms with van der Waals surface area (Å²) in [5, 5.41) is 20.0. The minimum atomic E-state index is -1.26. The Bertz CT molecular complexity index is 297. The average molecular weight is 311 g/mol. The fourth-order valence-electron chi connectivity index (χ4n) is 1.06. The summed E-state index contributed by atoms with van der Waals surface area (Å²) in [5.74, 6) is -0.994. The zero-order valence-corrected chi connectivity index (χ0v) is 11.1. The molecular weight excluding hydrogens is 295 g/mol. The number of carboxylic acids is 2. The number of nitrogens with two attached hydrogens (primary N) is 1. The first-order chi connectivity index (χ1) is 7.88. The Morgan fingerprint density at radius 1 is 1.35 bits per heavy atom. The van der Waals surface area contributed by atoms with Crippen LogP contribution in [0.5, 0.6) is 0 Å². The van der Waals surface area contributed by atoms with Crippen LogP contribution in [0, 0.1) is 0 Å². The Morgan fingerprint density at radius 3 is 2.35 bits per heavy atom. The van der Waals surface area contributed by atoms with Gasteiger partial charge in [0, 0.05) is 0 Å². The molecule has 0 fully saturated rings. The molecule has 1 amide bonds. The molecule has 2 atom stereocenters. The SMILES string of the molecule is C[Se]C[C@H](N)C(=O)N[C@@H](CCC(=O)O)C(=O)O. The second-order valence-corrected chi connectivity index (χ2v) is 5.30. The van der Waals surface area contributed by atoms with Crippen molar-refractivity contribution in [1.29, 1.82) is 0 Å². The van der Waals surface area contributed by atoms with Gasteiger partial charge in [-0.2, -0.15) is 0 Å². The summed E-state index contributed by atoms with van der Waals surface area (Å²) < 4.78 is 0. The van der Waals surface area contributed by atoms with Crippen LogP contribution in [0.2, 0.25) is 11.1 Å². The third kappa shape index (κ3) is 6.93. The third-order valence-corrected chi connectivity index (χ3v) is 3.40. The van der Waals surface area contributed by atoms with Crippen molar-refractivity contribution in [3.8, 4) is 0 Å². The van der Waals surface area contributed by atoms with Gasteiger partial charge in [0.25, 0.3) is 0 Å². The molecule has 0 saturated heterocycles. The van der Waals surface area contributed by atoms with Gasteiger partial charge in [0.15, 0.2) is 0 Å². The fraction of sp³-hybridized carbons (Fsp3) is 0.667. The molecule has 0 spiro atoms.